The van der Waals surface area contributed by atoms with Gasteiger partial charge in [0.05, 0.1) is 22.6 Å². The Labute approximate surface area is 109 Å². The Hall–Kier alpha value is -2.05. The lowest BCUT2D eigenvalue weighted by molar-refractivity contribution is -0.394. The summed E-state index contributed by atoms with van der Waals surface area (Å²) in [6.07, 6.45) is 0.561. The van der Waals surface area contributed by atoms with Crippen molar-refractivity contribution < 1.29 is 14.2 Å². The molecule has 0 aromatic heterocycles. The molecule has 1 aromatic carbocycles. The molecule has 0 radical (unpaired) electrons. The van der Waals surface area contributed by atoms with Crippen LogP contribution in [0.1, 0.15) is 37.3 Å². The number of rotatable bonds is 6. The van der Waals surface area contributed by atoms with Crippen LogP contribution in [0.4, 0.5) is 15.8 Å². The van der Waals surface area contributed by atoms with Gasteiger partial charge in [0, 0.05) is 18.1 Å². The van der Waals surface area contributed by atoms with Crippen molar-refractivity contribution in [2.45, 2.75) is 32.6 Å². The maximum atomic E-state index is 12.6. The SMILES string of the molecule is CCC(C)c1cc([N+](=O)[O-])cc([N+](=O)[O-])c1CCF. The second-order valence-electron chi connectivity index (χ2n) is 4.30. The summed E-state index contributed by atoms with van der Waals surface area (Å²) in [7, 11) is 0. The lowest BCUT2D eigenvalue weighted by Gasteiger charge is -2.14. The van der Waals surface area contributed by atoms with Gasteiger partial charge in [-0.2, -0.15) is 0 Å². The molecule has 7 heteroatoms. The second kappa shape index (κ2) is 6.21. The topological polar surface area (TPSA) is 86.3 Å². The molecule has 0 aliphatic heterocycles. The summed E-state index contributed by atoms with van der Waals surface area (Å²) in [6, 6.07) is 2.21. The van der Waals surface area contributed by atoms with Crippen molar-refractivity contribution in [2.75, 3.05) is 6.67 Å². The zero-order chi connectivity index (χ0) is 14.6. The van der Waals surface area contributed by atoms with Crippen LogP contribution in [0.5, 0.6) is 0 Å². The van der Waals surface area contributed by atoms with E-state index >= 15 is 0 Å². The number of halogens is 1. The number of nitro benzene ring substituents is 2. The second-order valence-corrected chi connectivity index (χ2v) is 4.30. The molecule has 1 rings (SSSR count). The van der Waals surface area contributed by atoms with Crippen molar-refractivity contribution >= 4 is 11.4 Å². The first-order chi connectivity index (χ1) is 8.92. The Morgan fingerprint density at radius 3 is 2.32 bits per heavy atom. The van der Waals surface area contributed by atoms with Gasteiger partial charge in [0.2, 0.25) is 0 Å². The standard InChI is InChI=1S/C12H15FN2O4/c1-3-8(2)11-6-9(14(16)17)7-12(15(18)19)10(11)4-5-13/h6-8H,3-5H2,1-2H3. The molecule has 1 aromatic rings. The van der Waals surface area contributed by atoms with Gasteiger partial charge in [0.25, 0.3) is 11.4 Å². The highest BCUT2D eigenvalue weighted by molar-refractivity contribution is 5.55. The Morgan fingerprint density at radius 2 is 1.89 bits per heavy atom. The molecule has 0 saturated heterocycles. The molecule has 19 heavy (non-hydrogen) atoms. The minimum Gasteiger partial charge on any atom is -0.258 e. The molecule has 0 saturated carbocycles. The molecule has 0 bridgehead atoms. The number of nitro groups is 2. The van der Waals surface area contributed by atoms with Crippen LogP contribution < -0.4 is 0 Å². The van der Waals surface area contributed by atoms with Gasteiger partial charge in [-0.15, -0.1) is 0 Å². The predicted octanol–water partition coefficient (Wildman–Crippen LogP) is 3.53. The molecule has 104 valence electrons. The molecule has 0 heterocycles. The third-order valence-corrected chi connectivity index (χ3v) is 3.14. The highest BCUT2D eigenvalue weighted by atomic mass is 19.1. The molecule has 0 N–H and O–H groups in total. The fourth-order valence-corrected chi connectivity index (χ4v) is 1.96. The third kappa shape index (κ3) is 3.24. The van der Waals surface area contributed by atoms with Crippen LogP contribution in [-0.2, 0) is 6.42 Å². The number of hydrogen-bond donors (Lipinski definition) is 0. The quantitative estimate of drug-likeness (QED) is 0.584. The zero-order valence-electron chi connectivity index (χ0n) is 10.8. The highest BCUT2D eigenvalue weighted by Gasteiger charge is 2.25. The van der Waals surface area contributed by atoms with E-state index in [1.54, 1.807) is 0 Å². The predicted molar refractivity (Wildman–Crippen MR) is 68.1 cm³/mol. The minimum absolute atomic E-state index is 0.0971. The largest absolute Gasteiger partial charge is 0.279 e. The monoisotopic (exact) mass is 270 g/mol. The molecular formula is C12H15FN2O4. The van der Waals surface area contributed by atoms with Gasteiger partial charge in [0.1, 0.15) is 0 Å². The van der Waals surface area contributed by atoms with Gasteiger partial charge in [-0.1, -0.05) is 13.8 Å². The van der Waals surface area contributed by atoms with Crippen LogP contribution in [0.25, 0.3) is 0 Å². The maximum absolute atomic E-state index is 12.6. The molecular weight excluding hydrogens is 255 g/mol. The lowest BCUT2D eigenvalue weighted by atomic mass is 9.90. The van der Waals surface area contributed by atoms with Gasteiger partial charge in [0.15, 0.2) is 0 Å². The normalized spacial score (nSPS) is 12.2. The third-order valence-electron chi connectivity index (χ3n) is 3.14. The lowest BCUT2D eigenvalue weighted by Crippen LogP contribution is -2.06. The van der Waals surface area contributed by atoms with E-state index in [1.807, 2.05) is 13.8 Å². The Morgan fingerprint density at radius 1 is 1.26 bits per heavy atom. The van der Waals surface area contributed by atoms with Crippen LogP contribution >= 0.6 is 0 Å². The average Bonchev–Trinajstić information content (AvgIpc) is 2.37. The molecule has 6 nitrogen and oxygen atoms in total. The minimum atomic E-state index is -0.734. The Balaban J connectivity index is 3.54. The van der Waals surface area contributed by atoms with Gasteiger partial charge < -0.3 is 0 Å². The van der Waals surface area contributed by atoms with Crippen molar-refractivity contribution in [2.24, 2.45) is 0 Å². The first-order valence-corrected chi connectivity index (χ1v) is 5.93. The van der Waals surface area contributed by atoms with Crippen molar-refractivity contribution in [1.82, 2.24) is 0 Å². The smallest absolute Gasteiger partial charge is 0.258 e. The van der Waals surface area contributed by atoms with E-state index in [1.165, 1.54) is 6.07 Å². The summed E-state index contributed by atoms with van der Waals surface area (Å²) >= 11 is 0. The Bertz CT molecular complexity index is 505. The molecule has 0 spiro atoms. The maximum Gasteiger partial charge on any atom is 0.279 e. The van der Waals surface area contributed by atoms with Crippen LogP contribution in [-0.4, -0.2) is 16.5 Å². The first-order valence-electron chi connectivity index (χ1n) is 5.93. The van der Waals surface area contributed by atoms with Gasteiger partial charge in [-0.05, 0) is 17.9 Å². The summed E-state index contributed by atoms with van der Waals surface area (Å²) < 4.78 is 12.6. The van der Waals surface area contributed by atoms with Crippen molar-refractivity contribution in [1.29, 1.82) is 0 Å². The van der Waals surface area contributed by atoms with E-state index in [2.05, 4.69) is 0 Å². The molecule has 1 atom stereocenters. The Kier molecular flexibility index (Phi) is 4.91. The molecule has 0 amide bonds. The van der Waals surface area contributed by atoms with Crippen LogP contribution in [0.15, 0.2) is 12.1 Å². The van der Waals surface area contributed by atoms with Crippen LogP contribution in [0.3, 0.4) is 0 Å². The molecule has 0 fully saturated rings. The fraction of sp³-hybridized carbons (Fsp3) is 0.500. The van der Waals surface area contributed by atoms with Crippen LogP contribution in [0, 0.1) is 20.2 Å². The highest BCUT2D eigenvalue weighted by Crippen LogP contribution is 2.34. The number of benzene rings is 1. The summed E-state index contributed by atoms with van der Waals surface area (Å²) in [6.45, 7) is 2.95. The van der Waals surface area contributed by atoms with E-state index in [4.69, 9.17) is 0 Å². The molecule has 0 aliphatic carbocycles. The summed E-state index contributed by atoms with van der Waals surface area (Å²) in [5, 5.41) is 21.8. The summed E-state index contributed by atoms with van der Waals surface area (Å²) in [5.41, 5.74) is 0.0419. The van der Waals surface area contributed by atoms with Gasteiger partial charge in [-0.25, -0.2) is 0 Å². The van der Waals surface area contributed by atoms with E-state index in [0.29, 0.717) is 12.0 Å². The van der Waals surface area contributed by atoms with E-state index in [-0.39, 0.29) is 29.3 Å². The van der Waals surface area contributed by atoms with Crippen LogP contribution in [0.2, 0.25) is 0 Å². The summed E-state index contributed by atoms with van der Waals surface area (Å²) in [5.74, 6) is -0.0971. The van der Waals surface area contributed by atoms with E-state index in [9.17, 15) is 24.6 Å². The summed E-state index contributed by atoms with van der Waals surface area (Å²) in [4.78, 5) is 20.5. The van der Waals surface area contributed by atoms with Crippen molar-refractivity contribution in [3.63, 3.8) is 0 Å². The van der Waals surface area contributed by atoms with Crippen molar-refractivity contribution in [3.8, 4) is 0 Å². The fourth-order valence-electron chi connectivity index (χ4n) is 1.96. The van der Waals surface area contributed by atoms with E-state index in [0.717, 1.165) is 6.07 Å². The number of alkyl halides is 1. The number of hydrogen-bond acceptors (Lipinski definition) is 4. The molecule has 0 aliphatic rings. The number of non-ortho nitro benzene ring substituents is 1. The van der Waals surface area contributed by atoms with E-state index < -0.39 is 16.5 Å². The van der Waals surface area contributed by atoms with Crippen molar-refractivity contribution in [3.05, 3.63) is 43.5 Å². The average molecular weight is 270 g/mol. The molecule has 1 unspecified atom stereocenters. The van der Waals surface area contributed by atoms with Gasteiger partial charge >= 0.3 is 0 Å². The number of nitrogens with zero attached hydrogens (tertiary/aromatic N) is 2. The zero-order valence-corrected chi connectivity index (χ0v) is 10.8. The van der Waals surface area contributed by atoms with Gasteiger partial charge in [-0.3, -0.25) is 24.6 Å². The first kappa shape index (κ1) is 15.0.